The molecule has 168 valence electrons. The SMILES string of the molecule is CC(=O)n1cc(CCNc2cc(-c3cccnc3)nc(-c3ccccn3)n2)c2cc(O)ccc21. The monoisotopic (exact) mass is 450 g/mol. The third-order valence-corrected chi connectivity index (χ3v) is 5.49. The lowest BCUT2D eigenvalue weighted by Crippen LogP contribution is -2.08. The zero-order valence-corrected chi connectivity index (χ0v) is 18.5. The number of phenols is 1. The number of carbonyl (C=O) groups is 1. The molecule has 8 nitrogen and oxygen atoms in total. The molecule has 0 aliphatic heterocycles. The van der Waals surface area contributed by atoms with Crippen molar-refractivity contribution in [2.75, 3.05) is 11.9 Å². The van der Waals surface area contributed by atoms with E-state index < -0.39 is 0 Å². The van der Waals surface area contributed by atoms with Crippen LogP contribution in [0, 0.1) is 0 Å². The van der Waals surface area contributed by atoms with E-state index in [4.69, 9.17) is 4.98 Å². The van der Waals surface area contributed by atoms with Crippen molar-refractivity contribution in [2.24, 2.45) is 0 Å². The summed E-state index contributed by atoms with van der Waals surface area (Å²) < 4.78 is 1.61. The third-order valence-electron chi connectivity index (χ3n) is 5.49. The smallest absolute Gasteiger partial charge is 0.227 e. The van der Waals surface area contributed by atoms with Crippen LogP contribution in [0.3, 0.4) is 0 Å². The summed E-state index contributed by atoms with van der Waals surface area (Å²) in [6.07, 6.45) is 7.65. The molecule has 5 rings (SSSR count). The number of nitrogens with one attached hydrogen (secondary N) is 1. The molecular weight excluding hydrogens is 428 g/mol. The molecule has 0 bridgehead atoms. The topological polar surface area (TPSA) is 106 Å². The van der Waals surface area contributed by atoms with E-state index in [1.165, 1.54) is 6.92 Å². The molecule has 1 aromatic carbocycles. The predicted molar refractivity (Wildman–Crippen MR) is 131 cm³/mol. The highest BCUT2D eigenvalue weighted by Crippen LogP contribution is 2.27. The van der Waals surface area contributed by atoms with Gasteiger partial charge >= 0.3 is 0 Å². The summed E-state index contributed by atoms with van der Waals surface area (Å²) >= 11 is 0. The van der Waals surface area contributed by atoms with Crippen molar-refractivity contribution >= 4 is 22.6 Å². The molecule has 0 saturated carbocycles. The first-order valence-corrected chi connectivity index (χ1v) is 10.9. The van der Waals surface area contributed by atoms with E-state index in [1.807, 2.05) is 42.6 Å². The summed E-state index contributed by atoms with van der Waals surface area (Å²) in [7, 11) is 0. The van der Waals surface area contributed by atoms with E-state index in [0.717, 1.165) is 27.7 Å². The Morgan fingerprint density at radius 3 is 2.71 bits per heavy atom. The van der Waals surface area contributed by atoms with Gasteiger partial charge in [0, 0.05) is 55.3 Å². The number of phenolic OH excluding ortho intramolecular Hbond substituents is 1. The van der Waals surface area contributed by atoms with Crippen LogP contribution in [0.2, 0.25) is 0 Å². The molecule has 4 aromatic heterocycles. The standard InChI is InChI=1S/C26H22N6O2/c1-17(33)32-16-19(21-13-20(34)7-8-24(21)32)9-12-29-25-14-23(18-5-4-10-27-15-18)30-26(31-25)22-6-2-3-11-28-22/h2-8,10-11,13-16,34H,9,12H2,1H3,(H,29,30,31). The zero-order chi connectivity index (χ0) is 23.5. The van der Waals surface area contributed by atoms with Crippen LogP contribution in [0.15, 0.2) is 79.4 Å². The molecule has 0 atom stereocenters. The second-order valence-corrected chi connectivity index (χ2v) is 7.84. The highest BCUT2D eigenvalue weighted by molar-refractivity contribution is 5.94. The summed E-state index contributed by atoms with van der Waals surface area (Å²) in [6.45, 7) is 2.09. The minimum atomic E-state index is -0.0770. The Kier molecular flexibility index (Phi) is 5.70. The van der Waals surface area contributed by atoms with Crippen LogP contribution in [0.25, 0.3) is 33.7 Å². The van der Waals surface area contributed by atoms with E-state index in [0.29, 0.717) is 30.3 Å². The fraction of sp³-hybridized carbons (Fsp3) is 0.115. The summed E-state index contributed by atoms with van der Waals surface area (Å²) in [6, 6.07) is 16.3. The van der Waals surface area contributed by atoms with Crippen LogP contribution in [0.4, 0.5) is 5.82 Å². The van der Waals surface area contributed by atoms with Gasteiger partial charge in [-0.3, -0.25) is 19.3 Å². The maximum Gasteiger partial charge on any atom is 0.227 e. The number of fused-ring (bicyclic) bond motifs is 1. The Bertz CT molecular complexity index is 1410. The molecule has 0 fully saturated rings. The first-order chi connectivity index (χ1) is 16.6. The molecular formula is C26H22N6O2. The van der Waals surface area contributed by atoms with Gasteiger partial charge in [0.05, 0.1) is 11.2 Å². The predicted octanol–water partition coefficient (Wildman–Crippen LogP) is 4.58. The fourth-order valence-corrected chi connectivity index (χ4v) is 3.88. The maximum atomic E-state index is 12.1. The van der Waals surface area contributed by atoms with Gasteiger partial charge in [0.1, 0.15) is 17.3 Å². The van der Waals surface area contributed by atoms with Gasteiger partial charge in [-0.1, -0.05) is 6.07 Å². The second kappa shape index (κ2) is 9.11. The normalized spacial score (nSPS) is 11.0. The molecule has 5 aromatic rings. The van der Waals surface area contributed by atoms with Crippen LogP contribution in [0.5, 0.6) is 5.75 Å². The van der Waals surface area contributed by atoms with Crippen molar-refractivity contribution in [1.82, 2.24) is 24.5 Å². The van der Waals surface area contributed by atoms with E-state index in [9.17, 15) is 9.90 Å². The number of benzene rings is 1. The minimum Gasteiger partial charge on any atom is -0.508 e. The average Bonchev–Trinajstić information content (AvgIpc) is 3.23. The van der Waals surface area contributed by atoms with Crippen molar-refractivity contribution in [3.05, 3.63) is 84.9 Å². The second-order valence-electron chi connectivity index (χ2n) is 7.84. The summed E-state index contributed by atoms with van der Waals surface area (Å²) in [5.74, 6) is 1.27. The van der Waals surface area contributed by atoms with Crippen LogP contribution in [0.1, 0.15) is 17.3 Å². The van der Waals surface area contributed by atoms with E-state index in [2.05, 4.69) is 20.3 Å². The summed E-state index contributed by atoms with van der Waals surface area (Å²) in [4.78, 5) is 30.0. The first-order valence-electron chi connectivity index (χ1n) is 10.9. The number of hydrogen-bond donors (Lipinski definition) is 2. The number of aromatic hydroxyl groups is 1. The number of carbonyl (C=O) groups excluding carboxylic acids is 1. The maximum absolute atomic E-state index is 12.1. The number of anilines is 1. The number of pyridine rings is 2. The van der Waals surface area contributed by atoms with Gasteiger partial charge < -0.3 is 10.4 Å². The van der Waals surface area contributed by atoms with Crippen LogP contribution < -0.4 is 5.32 Å². The van der Waals surface area contributed by atoms with Gasteiger partial charge in [-0.25, -0.2) is 9.97 Å². The summed E-state index contributed by atoms with van der Waals surface area (Å²) in [5, 5.41) is 14.2. The number of hydrogen-bond acceptors (Lipinski definition) is 7. The van der Waals surface area contributed by atoms with Crippen molar-refractivity contribution in [3.8, 4) is 28.5 Å². The molecule has 0 amide bonds. The lowest BCUT2D eigenvalue weighted by atomic mass is 10.1. The number of nitrogens with zero attached hydrogens (tertiary/aromatic N) is 5. The molecule has 0 saturated heterocycles. The minimum absolute atomic E-state index is 0.0770. The molecule has 0 radical (unpaired) electrons. The quantitative estimate of drug-likeness (QED) is 0.390. The summed E-state index contributed by atoms with van der Waals surface area (Å²) in [5.41, 5.74) is 4.03. The molecule has 34 heavy (non-hydrogen) atoms. The Balaban J connectivity index is 1.44. The van der Waals surface area contributed by atoms with Crippen LogP contribution in [-0.2, 0) is 6.42 Å². The van der Waals surface area contributed by atoms with Gasteiger partial charge in [-0.05, 0) is 54.4 Å². The first kappa shape index (κ1) is 21.3. The van der Waals surface area contributed by atoms with Crippen LogP contribution in [-0.4, -0.2) is 42.1 Å². The average molecular weight is 451 g/mol. The zero-order valence-electron chi connectivity index (χ0n) is 18.5. The van der Waals surface area contributed by atoms with Gasteiger partial charge in [0.25, 0.3) is 0 Å². The van der Waals surface area contributed by atoms with Crippen molar-refractivity contribution in [2.45, 2.75) is 13.3 Å². The van der Waals surface area contributed by atoms with E-state index in [1.54, 1.807) is 41.4 Å². The van der Waals surface area contributed by atoms with Gasteiger partial charge in [0.15, 0.2) is 5.82 Å². The van der Waals surface area contributed by atoms with Crippen molar-refractivity contribution in [1.29, 1.82) is 0 Å². The molecule has 0 unspecified atom stereocenters. The lowest BCUT2D eigenvalue weighted by Gasteiger charge is -2.10. The van der Waals surface area contributed by atoms with Gasteiger partial charge in [-0.15, -0.1) is 0 Å². The number of aromatic nitrogens is 5. The Morgan fingerprint density at radius 2 is 1.94 bits per heavy atom. The highest BCUT2D eigenvalue weighted by Gasteiger charge is 2.13. The Labute approximate surface area is 196 Å². The van der Waals surface area contributed by atoms with Crippen molar-refractivity contribution < 1.29 is 9.90 Å². The molecule has 8 heteroatoms. The van der Waals surface area contributed by atoms with E-state index in [-0.39, 0.29) is 11.7 Å². The van der Waals surface area contributed by atoms with Crippen molar-refractivity contribution in [3.63, 3.8) is 0 Å². The van der Waals surface area contributed by atoms with Crippen LogP contribution >= 0.6 is 0 Å². The Hall–Kier alpha value is -4.59. The Morgan fingerprint density at radius 1 is 1.03 bits per heavy atom. The largest absolute Gasteiger partial charge is 0.508 e. The molecule has 2 N–H and O–H groups in total. The van der Waals surface area contributed by atoms with Gasteiger partial charge in [-0.2, -0.15) is 0 Å². The highest BCUT2D eigenvalue weighted by atomic mass is 16.3. The molecule has 0 spiro atoms. The van der Waals surface area contributed by atoms with E-state index >= 15 is 0 Å². The fourth-order valence-electron chi connectivity index (χ4n) is 3.88. The van der Waals surface area contributed by atoms with Gasteiger partial charge in [0.2, 0.25) is 5.91 Å². The molecule has 0 aliphatic rings. The number of rotatable bonds is 6. The molecule has 4 heterocycles. The lowest BCUT2D eigenvalue weighted by molar-refractivity contribution is 0.0941. The molecule has 0 aliphatic carbocycles. The third kappa shape index (κ3) is 4.33.